The van der Waals surface area contributed by atoms with Gasteiger partial charge in [0.1, 0.15) is 0 Å². The molecule has 2 aromatic rings. The Morgan fingerprint density at radius 3 is 2.76 bits per heavy atom. The number of nitrogens with one attached hydrogen (secondary N) is 1. The van der Waals surface area contributed by atoms with Gasteiger partial charge in [0.05, 0.1) is 23.6 Å². The molecule has 6 nitrogen and oxygen atoms in total. The second kappa shape index (κ2) is 7.49. The summed E-state index contributed by atoms with van der Waals surface area (Å²) in [6.45, 7) is 5.06. The van der Waals surface area contributed by atoms with Gasteiger partial charge in [-0.2, -0.15) is 0 Å². The number of benzene rings is 1. The third kappa shape index (κ3) is 3.67. The first kappa shape index (κ1) is 17.8. The molecule has 7 heteroatoms. The van der Waals surface area contributed by atoms with Gasteiger partial charge in [-0.25, -0.2) is 4.79 Å². The number of ether oxygens (including phenoxy) is 1. The predicted molar refractivity (Wildman–Crippen MR) is 99.6 cm³/mol. The molecule has 0 radical (unpaired) electrons. The Bertz CT molecular complexity index is 897. The Labute approximate surface area is 151 Å². The Balaban J connectivity index is 1.87. The minimum Gasteiger partial charge on any atom is -0.465 e. The lowest BCUT2D eigenvalue weighted by Crippen LogP contribution is -2.32. The number of methoxy groups -OCH3 is 1. The van der Waals surface area contributed by atoms with E-state index in [1.54, 1.807) is 22.8 Å². The van der Waals surface area contributed by atoms with Crippen LogP contribution in [0, 0.1) is 4.77 Å². The lowest BCUT2D eigenvalue weighted by Gasteiger charge is -2.23. The van der Waals surface area contributed by atoms with Crippen LogP contribution in [0.15, 0.2) is 23.0 Å². The van der Waals surface area contributed by atoms with E-state index in [-0.39, 0.29) is 5.56 Å². The van der Waals surface area contributed by atoms with Crippen molar-refractivity contribution in [3.63, 3.8) is 0 Å². The normalized spacial score (nSPS) is 16.2. The quantitative estimate of drug-likeness (QED) is 0.655. The number of carbonyl (C=O) groups is 1. The van der Waals surface area contributed by atoms with Crippen molar-refractivity contribution in [2.45, 2.75) is 38.8 Å². The van der Waals surface area contributed by atoms with E-state index in [0.717, 1.165) is 19.5 Å². The van der Waals surface area contributed by atoms with Crippen molar-refractivity contribution in [1.82, 2.24) is 14.5 Å². The van der Waals surface area contributed by atoms with E-state index in [9.17, 15) is 9.59 Å². The van der Waals surface area contributed by atoms with Crippen molar-refractivity contribution >= 4 is 29.1 Å². The molecule has 1 aliphatic heterocycles. The van der Waals surface area contributed by atoms with Crippen molar-refractivity contribution in [3.8, 4) is 0 Å². The number of hydrogen-bond donors (Lipinski definition) is 1. The van der Waals surface area contributed by atoms with Crippen LogP contribution in [-0.4, -0.2) is 46.7 Å². The summed E-state index contributed by atoms with van der Waals surface area (Å²) >= 11 is 5.37. The number of hydrogen-bond acceptors (Lipinski definition) is 5. The Kier molecular flexibility index (Phi) is 5.34. The number of carbonyl (C=O) groups excluding carboxylic acids is 1. The number of fused-ring (bicyclic) bond motifs is 1. The summed E-state index contributed by atoms with van der Waals surface area (Å²) < 4.78 is 6.71. The topological polar surface area (TPSA) is 67.3 Å². The molecule has 0 unspecified atom stereocenters. The molecular weight excluding hydrogens is 338 g/mol. The Hall–Kier alpha value is -1.99. The summed E-state index contributed by atoms with van der Waals surface area (Å²) in [6.07, 6.45) is 3.38. The Morgan fingerprint density at radius 2 is 2.08 bits per heavy atom. The van der Waals surface area contributed by atoms with E-state index in [0.29, 0.717) is 33.8 Å². The van der Waals surface area contributed by atoms with Gasteiger partial charge in [0.25, 0.3) is 5.56 Å². The molecule has 0 spiro atoms. The van der Waals surface area contributed by atoms with Crippen LogP contribution in [0.4, 0.5) is 0 Å². The van der Waals surface area contributed by atoms with E-state index >= 15 is 0 Å². The van der Waals surface area contributed by atoms with Gasteiger partial charge >= 0.3 is 5.97 Å². The fourth-order valence-electron chi connectivity index (χ4n) is 3.38. The SMILES string of the molecule is COC(=O)c1ccc2c(=O)n(CC[C@H](C)N3CCCC3)c(=S)[nH]c2c1. The average molecular weight is 361 g/mol. The summed E-state index contributed by atoms with van der Waals surface area (Å²) in [4.78, 5) is 30.0. The van der Waals surface area contributed by atoms with Crippen LogP contribution in [0.25, 0.3) is 10.9 Å². The van der Waals surface area contributed by atoms with Gasteiger partial charge in [-0.05, 0) is 69.7 Å². The van der Waals surface area contributed by atoms with Gasteiger partial charge in [-0.15, -0.1) is 0 Å². The first-order valence-electron chi connectivity index (χ1n) is 8.60. The van der Waals surface area contributed by atoms with Crippen LogP contribution in [0.3, 0.4) is 0 Å². The fraction of sp³-hybridized carbons (Fsp3) is 0.500. The monoisotopic (exact) mass is 361 g/mol. The Morgan fingerprint density at radius 1 is 1.36 bits per heavy atom. The summed E-state index contributed by atoms with van der Waals surface area (Å²) in [6, 6.07) is 5.29. The zero-order valence-corrected chi connectivity index (χ0v) is 15.4. The molecule has 1 saturated heterocycles. The molecule has 2 heterocycles. The summed E-state index contributed by atoms with van der Waals surface area (Å²) in [5.41, 5.74) is 0.825. The number of aromatic nitrogens is 2. The third-order valence-corrected chi connectivity index (χ3v) is 5.26. The van der Waals surface area contributed by atoms with Gasteiger partial charge in [0, 0.05) is 12.6 Å². The standard InChI is InChI=1S/C18H23N3O3S/c1-12(20-8-3-4-9-20)7-10-21-16(22)14-6-5-13(17(23)24-2)11-15(14)19-18(21)25/h5-6,11-12H,3-4,7-10H2,1-2H3,(H,19,25)/t12-/m0/s1. The maximum Gasteiger partial charge on any atom is 0.337 e. The summed E-state index contributed by atoms with van der Waals surface area (Å²) in [7, 11) is 1.33. The number of H-pyrrole nitrogens is 1. The zero-order chi connectivity index (χ0) is 18.0. The van der Waals surface area contributed by atoms with Crippen LogP contribution >= 0.6 is 12.2 Å². The molecule has 134 valence electrons. The van der Waals surface area contributed by atoms with Crippen LogP contribution < -0.4 is 5.56 Å². The van der Waals surface area contributed by atoms with Crippen LogP contribution in [0.5, 0.6) is 0 Å². The average Bonchev–Trinajstić information content (AvgIpc) is 3.14. The van der Waals surface area contributed by atoms with E-state index in [1.807, 2.05) is 0 Å². The van der Waals surface area contributed by atoms with Crippen molar-refractivity contribution in [3.05, 3.63) is 38.9 Å². The largest absolute Gasteiger partial charge is 0.465 e. The number of esters is 1. The van der Waals surface area contributed by atoms with Crippen molar-refractivity contribution in [2.75, 3.05) is 20.2 Å². The summed E-state index contributed by atoms with van der Waals surface area (Å²) in [5, 5.41) is 0.523. The molecule has 0 saturated carbocycles. The van der Waals surface area contributed by atoms with E-state index in [4.69, 9.17) is 17.0 Å². The van der Waals surface area contributed by atoms with E-state index in [1.165, 1.54) is 20.0 Å². The highest BCUT2D eigenvalue weighted by atomic mass is 32.1. The third-order valence-electron chi connectivity index (χ3n) is 4.94. The highest BCUT2D eigenvalue weighted by molar-refractivity contribution is 7.71. The van der Waals surface area contributed by atoms with Crippen molar-refractivity contribution in [2.24, 2.45) is 0 Å². The molecule has 1 aromatic heterocycles. The predicted octanol–water partition coefficient (Wildman–Crippen LogP) is 2.72. The number of likely N-dealkylation sites (tertiary alicyclic amines) is 1. The van der Waals surface area contributed by atoms with Crippen LogP contribution in [0.1, 0.15) is 36.5 Å². The number of rotatable bonds is 5. The first-order chi connectivity index (χ1) is 12.0. The van der Waals surface area contributed by atoms with Crippen LogP contribution in [-0.2, 0) is 11.3 Å². The molecule has 1 fully saturated rings. The van der Waals surface area contributed by atoms with Crippen molar-refractivity contribution < 1.29 is 9.53 Å². The lowest BCUT2D eigenvalue weighted by molar-refractivity contribution is 0.0601. The van der Waals surface area contributed by atoms with Crippen molar-refractivity contribution in [1.29, 1.82) is 0 Å². The van der Waals surface area contributed by atoms with Crippen LogP contribution in [0.2, 0.25) is 0 Å². The number of nitrogens with zero attached hydrogens (tertiary/aromatic N) is 2. The van der Waals surface area contributed by atoms with E-state index < -0.39 is 5.97 Å². The fourth-order valence-corrected chi connectivity index (χ4v) is 3.67. The second-order valence-electron chi connectivity index (χ2n) is 6.52. The maximum atomic E-state index is 12.8. The first-order valence-corrected chi connectivity index (χ1v) is 9.01. The minimum atomic E-state index is -0.440. The highest BCUT2D eigenvalue weighted by Gasteiger charge is 2.18. The molecule has 1 N–H and O–H groups in total. The van der Waals surface area contributed by atoms with Gasteiger partial charge in [-0.3, -0.25) is 9.36 Å². The lowest BCUT2D eigenvalue weighted by atomic mass is 10.1. The van der Waals surface area contributed by atoms with E-state index in [2.05, 4.69) is 16.8 Å². The summed E-state index contributed by atoms with van der Waals surface area (Å²) in [5.74, 6) is -0.440. The molecular formula is C18H23N3O3S. The smallest absolute Gasteiger partial charge is 0.337 e. The highest BCUT2D eigenvalue weighted by Crippen LogP contribution is 2.15. The minimum absolute atomic E-state index is 0.121. The van der Waals surface area contributed by atoms with Gasteiger partial charge in [-0.1, -0.05) is 0 Å². The molecule has 1 aromatic carbocycles. The van der Waals surface area contributed by atoms with Gasteiger partial charge < -0.3 is 14.6 Å². The number of aromatic amines is 1. The van der Waals surface area contributed by atoms with Gasteiger partial charge in [0.2, 0.25) is 0 Å². The molecule has 0 bridgehead atoms. The molecule has 0 aliphatic carbocycles. The molecule has 1 atom stereocenters. The molecule has 25 heavy (non-hydrogen) atoms. The van der Waals surface area contributed by atoms with Gasteiger partial charge in [0.15, 0.2) is 4.77 Å². The molecule has 3 rings (SSSR count). The second-order valence-corrected chi connectivity index (χ2v) is 6.91. The maximum absolute atomic E-state index is 12.8. The molecule has 0 amide bonds. The molecule has 1 aliphatic rings. The zero-order valence-electron chi connectivity index (χ0n) is 14.6.